The largest absolute Gasteiger partial charge is 0.465 e. The molecule has 0 saturated carbocycles. The molecule has 15 heteroatoms. The Hall–Kier alpha value is -2.86. The Kier molecular flexibility index (Phi) is 8.67. The van der Waals surface area contributed by atoms with E-state index in [9.17, 15) is 49.4 Å². The predicted molar refractivity (Wildman–Crippen MR) is 116 cm³/mol. The number of amides is 1. The number of carbonyl (C=O) groups is 1. The molecular weight excluding hydrogens is 537 g/mol. The maximum atomic E-state index is 13.9. The van der Waals surface area contributed by atoms with Crippen LogP contribution in [0.15, 0.2) is 18.2 Å². The van der Waals surface area contributed by atoms with Gasteiger partial charge in [0, 0.05) is 50.5 Å². The summed E-state index contributed by atoms with van der Waals surface area (Å²) in [6, 6.07) is 0.718. The van der Waals surface area contributed by atoms with Crippen LogP contribution in [0.25, 0.3) is 0 Å². The van der Waals surface area contributed by atoms with Crippen LogP contribution in [0.1, 0.15) is 17.5 Å². The quantitative estimate of drug-likeness (QED) is 0.398. The smallest absolute Gasteiger partial charge is 0.416 e. The molecule has 1 aromatic rings. The topological polar surface area (TPSA) is 56.2 Å². The van der Waals surface area contributed by atoms with E-state index in [-0.39, 0.29) is 48.5 Å². The fourth-order valence-corrected chi connectivity index (χ4v) is 4.93. The highest BCUT2D eigenvalue weighted by atomic mass is 19.4. The lowest BCUT2D eigenvalue weighted by Crippen LogP contribution is -2.62. The summed E-state index contributed by atoms with van der Waals surface area (Å²) >= 11 is 0. The minimum atomic E-state index is -5.84. The average molecular weight is 561 g/mol. The molecule has 2 unspecified atom stereocenters. The van der Waals surface area contributed by atoms with Crippen LogP contribution in [-0.2, 0) is 17.5 Å². The Morgan fingerprint density at radius 2 is 1.71 bits per heavy atom. The van der Waals surface area contributed by atoms with Crippen LogP contribution in [0.2, 0.25) is 0 Å². The van der Waals surface area contributed by atoms with Gasteiger partial charge in [-0.2, -0.15) is 39.5 Å². The van der Waals surface area contributed by atoms with E-state index in [1.807, 2.05) is 0 Å². The summed E-state index contributed by atoms with van der Waals surface area (Å²) in [4.78, 5) is 14.1. The molecule has 0 spiro atoms. The SMILES string of the molecule is C#CCOC1CCN(c2cccc(C(F)(F)F)c2CN2CCN(C(=O)O)C(C(C(F)(F)F)C(F)(F)F)C2)C1. The van der Waals surface area contributed by atoms with Gasteiger partial charge in [-0.1, -0.05) is 12.0 Å². The molecule has 2 heterocycles. The van der Waals surface area contributed by atoms with Crippen molar-refractivity contribution < 1.29 is 54.2 Å². The Balaban J connectivity index is 1.96. The van der Waals surface area contributed by atoms with Crippen molar-refractivity contribution in [2.75, 3.05) is 44.2 Å². The molecule has 2 fully saturated rings. The number of terminal acetylenes is 1. The van der Waals surface area contributed by atoms with E-state index in [1.54, 1.807) is 4.90 Å². The molecule has 2 aliphatic rings. The maximum Gasteiger partial charge on any atom is 0.416 e. The zero-order valence-corrected chi connectivity index (χ0v) is 19.7. The van der Waals surface area contributed by atoms with Crippen molar-refractivity contribution in [1.29, 1.82) is 0 Å². The number of ether oxygens (including phenoxy) is 1. The molecule has 0 aliphatic carbocycles. The predicted octanol–water partition coefficient (Wildman–Crippen LogP) is 4.84. The highest BCUT2D eigenvalue weighted by molar-refractivity contribution is 5.66. The number of alkyl halides is 9. The minimum absolute atomic E-state index is 0.0111. The molecule has 2 aliphatic heterocycles. The number of halogens is 9. The van der Waals surface area contributed by atoms with Crippen molar-refractivity contribution in [2.45, 2.75) is 43.6 Å². The molecule has 1 N–H and O–H groups in total. The third-order valence-electron chi connectivity index (χ3n) is 6.56. The summed E-state index contributed by atoms with van der Waals surface area (Å²) in [5, 5.41) is 9.28. The summed E-state index contributed by atoms with van der Waals surface area (Å²) in [5.41, 5.74) is -1.33. The first-order valence-electron chi connectivity index (χ1n) is 11.4. The van der Waals surface area contributed by atoms with Crippen LogP contribution in [-0.4, -0.2) is 84.8 Å². The molecule has 212 valence electrons. The Morgan fingerprint density at radius 3 is 2.26 bits per heavy atom. The van der Waals surface area contributed by atoms with E-state index < -0.39 is 61.8 Å². The van der Waals surface area contributed by atoms with E-state index in [0.717, 1.165) is 17.0 Å². The molecule has 0 aromatic heterocycles. The molecule has 2 atom stereocenters. The molecule has 3 rings (SSSR count). The fourth-order valence-electron chi connectivity index (χ4n) is 4.93. The van der Waals surface area contributed by atoms with E-state index in [1.165, 1.54) is 6.07 Å². The van der Waals surface area contributed by atoms with Gasteiger partial charge in [0.1, 0.15) is 6.61 Å². The van der Waals surface area contributed by atoms with Gasteiger partial charge in [0.05, 0.1) is 17.7 Å². The first-order valence-corrected chi connectivity index (χ1v) is 11.4. The Labute approximate surface area is 211 Å². The monoisotopic (exact) mass is 561 g/mol. The van der Waals surface area contributed by atoms with E-state index in [0.29, 0.717) is 6.42 Å². The average Bonchev–Trinajstić information content (AvgIpc) is 3.24. The van der Waals surface area contributed by atoms with Gasteiger partial charge in [-0.15, -0.1) is 6.42 Å². The summed E-state index contributed by atoms with van der Waals surface area (Å²) in [6.45, 7) is -2.40. The zero-order valence-electron chi connectivity index (χ0n) is 19.7. The van der Waals surface area contributed by atoms with Crippen molar-refractivity contribution in [3.05, 3.63) is 29.3 Å². The van der Waals surface area contributed by atoms with E-state index in [2.05, 4.69) is 5.92 Å². The number of nitrogens with zero attached hydrogens (tertiary/aromatic N) is 3. The number of rotatable bonds is 6. The molecule has 0 bridgehead atoms. The number of piperazine rings is 1. The lowest BCUT2D eigenvalue weighted by Gasteiger charge is -2.44. The number of hydrogen-bond acceptors (Lipinski definition) is 4. The third kappa shape index (κ3) is 6.76. The zero-order chi connectivity index (χ0) is 28.5. The summed E-state index contributed by atoms with van der Waals surface area (Å²) < 4.78 is 128. The van der Waals surface area contributed by atoms with Crippen LogP contribution in [0.4, 0.5) is 50.0 Å². The van der Waals surface area contributed by atoms with Crippen molar-refractivity contribution in [2.24, 2.45) is 5.92 Å². The molecule has 6 nitrogen and oxygen atoms in total. The van der Waals surface area contributed by atoms with Crippen LogP contribution >= 0.6 is 0 Å². The normalized spacial score (nSPS) is 21.7. The standard InChI is InChI=1S/C23H24F9N3O3/c1-2-10-38-14-6-7-34(11-14)17-5-3-4-16(21(24,25)26)15(17)12-33-8-9-35(20(36)37)18(13-33)19(22(27,28)29)23(30,31)32/h1,3-5,14,18-19H,6-13H2,(H,36,37). The van der Waals surface area contributed by atoms with Crippen LogP contribution in [0.3, 0.4) is 0 Å². The number of carboxylic acid groups (broad SMARTS) is 1. The Bertz CT molecular complexity index is 1020. The van der Waals surface area contributed by atoms with Gasteiger partial charge in [0.2, 0.25) is 0 Å². The van der Waals surface area contributed by atoms with Gasteiger partial charge in [0.25, 0.3) is 0 Å². The first-order chi connectivity index (χ1) is 17.5. The fraction of sp³-hybridized carbons (Fsp3) is 0.609. The molecule has 2 saturated heterocycles. The Morgan fingerprint density at radius 1 is 1.05 bits per heavy atom. The van der Waals surface area contributed by atoms with Crippen molar-refractivity contribution >= 4 is 11.8 Å². The summed E-state index contributed by atoms with van der Waals surface area (Å²) in [6.07, 6.45) is -13.3. The van der Waals surface area contributed by atoms with Crippen molar-refractivity contribution in [3.8, 4) is 12.3 Å². The van der Waals surface area contributed by atoms with Gasteiger partial charge < -0.3 is 19.6 Å². The van der Waals surface area contributed by atoms with Gasteiger partial charge in [-0.05, 0) is 18.6 Å². The van der Waals surface area contributed by atoms with Crippen molar-refractivity contribution in [1.82, 2.24) is 9.80 Å². The number of anilines is 1. The highest BCUT2D eigenvalue weighted by Gasteiger charge is 2.62. The second-order valence-electron chi connectivity index (χ2n) is 9.01. The number of hydrogen-bond donors (Lipinski definition) is 1. The van der Waals surface area contributed by atoms with Crippen LogP contribution < -0.4 is 4.90 Å². The highest BCUT2D eigenvalue weighted by Crippen LogP contribution is 2.44. The molecular formula is C23H24F9N3O3. The van der Waals surface area contributed by atoms with E-state index in [4.69, 9.17) is 11.2 Å². The van der Waals surface area contributed by atoms with Gasteiger partial charge in [0.15, 0.2) is 5.92 Å². The molecule has 1 amide bonds. The van der Waals surface area contributed by atoms with Crippen LogP contribution in [0.5, 0.6) is 0 Å². The first kappa shape index (κ1) is 29.7. The number of benzene rings is 1. The lowest BCUT2D eigenvalue weighted by molar-refractivity contribution is -0.300. The van der Waals surface area contributed by atoms with E-state index >= 15 is 0 Å². The summed E-state index contributed by atoms with van der Waals surface area (Å²) in [7, 11) is 0. The van der Waals surface area contributed by atoms with Gasteiger partial charge >= 0.3 is 24.6 Å². The third-order valence-corrected chi connectivity index (χ3v) is 6.56. The van der Waals surface area contributed by atoms with Gasteiger partial charge in [-0.3, -0.25) is 4.90 Å². The van der Waals surface area contributed by atoms with Crippen LogP contribution in [0, 0.1) is 18.3 Å². The lowest BCUT2D eigenvalue weighted by atomic mass is 9.93. The maximum absolute atomic E-state index is 13.9. The second-order valence-corrected chi connectivity index (χ2v) is 9.01. The molecule has 38 heavy (non-hydrogen) atoms. The summed E-state index contributed by atoms with van der Waals surface area (Å²) in [5.74, 6) is -1.73. The minimum Gasteiger partial charge on any atom is -0.465 e. The van der Waals surface area contributed by atoms with Crippen molar-refractivity contribution in [3.63, 3.8) is 0 Å². The van der Waals surface area contributed by atoms with Gasteiger partial charge in [-0.25, -0.2) is 4.79 Å². The molecule has 1 aromatic carbocycles. The second kappa shape index (κ2) is 11.1. The molecule has 0 radical (unpaired) electrons.